The van der Waals surface area contributed by atoms with Crippen LogP contribution in [0, 0.1) is 11.3 Å². The molecule has 0 spiro atoms. The van der Waals surface area contributed by atoms with Crippen molar-refractivity contribution in [3.8, 4) is 0 Å². The van der Waals surface area contributed by atoms with Crippen LogP contribution in [0.15, 0.2) is 12.2 Å². The van der Waals surface area contributed by atoms with E-state index in [0.717, 1.165) is 12.3 Å². The Balaban J connectivity index is 2.52. The number of hydrogen-bond acceptors (Lipinski definition) is 1. The molecule has 0 heterocycles. The van der Waals surface area contributed by atoms with Crippen LogP contribution in [0.4, 0.5) is 0 Å². The van der Waals surface area contributed by atoms with Crippen molar-refractivity contribution in [1.29, 1.82) is 0 Å². The third kappa shape index (κ3) is 4.28. The zero-order valence-electron chi connectivity index (χ0n) is 9.92. The van der Waals surface area contributed by atoms with Crippen molar-refractivity contribution in [3.63, 3.8) is 0 Å². The predicted molar refractivity (Wildman–Crippen MR) is 63.1 cm³/mol. The van der Waals surface area contributed by atoms with Crippen LogP contribution in [0.25, 0.3) is 0 Å². The first-order valence-corrected chi connectivity index (χ1v) is 5.89. The van der Waals surface area contributed by atoms with Crippen LogP contribution in [0.2, 0.25) is 0 Å². The second-order valence-electron chi connectivity index (χ2n) is 5.83. The molecule has 0 aromatic rings. The minimum Gasteiger partial charge on any atom is -0.327 e. The Morgan fingerprint density at radius 1 is 1.29 bits per heavy atom. The molecule has 1 heteroatoms. The van der Waals surface area contributed by atoms with Crippen LogP contribution in [0.1, 0.15) is 52.9 Å². The summed E-state index contributed by atoms with van der Waals surface area (Å²) in [6.07, 6.45) is 10.7. The van der Waals surface area contributed by atoms with E-state index in [1.807, 2.05) is 0 Å². The van der Waals surface area contributed by atoms with Crippen molar-refractivity contribution in [3.05, 3.63) is 12.2 Å². The molecule has 1 nitrogen and oxygen atoms in total. The number of nitrogens with two attached hydrogens (primary N) is 1. The molecule has 0 saturated heterocycles. The average molecular weight is 195 g/mol. The molecule has 1 aliphatic rings. The standard InChI is InChI=1S/C13H25N/c1-13(2,3)10-11-8-6-4-5-7-9-12(11)14/h5,7,11-12H,4,6,8-10,14H2,1-3H3/b7-5-. The van der Waals surface area contributed by atoms with Crippen LogP contribution in [0.3, 0.4) is 0 Å². The first kappa shape index (κ1) is 11.8. The molecule has 0 fully saturated rings. The van der Waals surface area contributed by atoms with Crippen molar-refractivity contribution in [2.24, 2.45) is 17.1 Å². The lowest BCUT2D eigenvalue weighted by Gasteiger charge is -2.30. The molecule has 1 rings (SSSR count). The third-order valence-corrected chi connectivity index (χ3v) is 3.00. The molecule has 0 aromatic heterocycles. The molecule has 0 aliphatic heterocycles. The first-order valence-electron chi connectivity index (χ1n) is 5.89. The highest BCUT2D eigenvalue weighted by atomic mass is 14.6. The maximum atomic E-state index is 6.20. The minimum absolute atomic E-state index is 0.380. The third-order valence-electron chi connectivity index (χ3n) is 3.00. The lowest BCUT2D eigenvalue weighted by atomic mass is 9.78. The summed E-state index contributed by atoms with van der Waals surface area (Å²) < 4.78 is 0. The van der Waals surface area contributed by atoms with Crippen molar-refractivity contribution in [1.82, 2.24) is 0 Å². The van der Waals surface area contributed by atoms with Crippen molar-refractivity contribution < 1.29 is 0 Å². The molecule has 2 unspecified atom stereocenters. The second-order valence-corrected chi connectivity index (χ2v) is 5.83. The van der Waals surface area contributed by atoms with E-state index in [2.05, 4.69) is 32.9 Å². The van der Waals surface area contributed by atoms with Crippen LogP contribution in [-0.4, -0.2) is 6.04 Å². The van der Waals surface area contributed by atoms with Gasteiger partial charge in [0.2, 0.25) is 0 Å². The van der Waals surface area contributed by atoms with Crippen LogP contribution >= 0.6 is 0 Å². The molecule has 0 saturated carbocycles. The van der Waals surface area contributed by atoms with E-state index in [9.17, 15) is 0 Å². The molecular weight excluding hydrogens is 170 g/mol. The fourth-order valence-electron chi connectivity index (χ4n) is 2.32. The highest BCUT2D eigenvalue weighted by Gasteiger charge is 2.23. The van der Waals surface area contributed by atoms with Gasteiger partial charge in [0, 0.05) is 6.04 Å². The lowest BCUT2D eigenvalue weighted by Crippen LogP contribution is -2.32. The monoisotopic (exact) mass is 195 g/mol. The first-order chi connectivity index (χ1) is 6.49. The minimum atomic E-state index is 0.380. The summed E-state index contributed by atoms with van der Waals surface area (Å²) in [7, 11) is 0. The van der Waals surface area contributed by atoms with Gasteiger partial charge in [0.25, 0.3) is 0 Å². The van der Waals surface area contributed by atoms with Gasteiger partial charge in [-0.2, -0.15) is 0 Å². The van der Waals surface area contributed by atoms with E-state index in [0.29, 0.717) is 11.5 Å². The molecule has 1 aliphatic carbocycles. The lowest BCUT2D eigenvalue weighted by molar-refractivity contribution is 0.245. The summed E-state index contributed by atoms with van der Waals surface area (Å²) in [4.78, 5) is 0. The predicted octanol–water partition coefficient (Wildman–Crippen LogP) is 3.50. The molecule has 0 aromatic carbocycles. The SMILES string of the molecule is CC(C)(C)CC1CCC/C=C\CC1N. The van der Waals surface area contributed by atoms with Gasteiger partial charge in [-0.15, -0.1) is 0 Å². The number of rotatable bonds is 1. The van der Waals surface area contributed by atoms with E-state index in [1.165, 1.54) is 25.7 Å². The summed E-state index contributed by atoms with van der Waals surface area (Å²) in [5, 5.41) is 0. The Labute approximate surface area is 88.8 Å². The summed E-state index contributed by atoms with van der Waals surface area (Å²) in [5.41, 5.74) is 6.63. The Bertz CT molecular complexity index is 188. The highest BCUT2D eigenvalue weighted by molar-refractivity contribution is 4.91. The Morgan fingerprint density at radius 3 is 2.64 bits per heavy atom. The maximum Gasteiger partial charge on any atom is 0.0102 e. The van der Waals surface area contributed by atoms with E-state index < -0.39 is 0 Å². The summed E-state index contributed by atoms with van der Waals surface area (Å²) in [6.45, 7) is 6.94. The van der Waals surface area contributed by atoms with Crippen molar-refractivity contribution in [2.45, 2.75) is 58.9 Å². The maximum absolute atomic E-state index is 6.20. The second kappa shape index (κ2) is 4.97. The fraction of sp³-hybridized carbons (Fsp3) is 0.846. The van der Waals surface area contributed by atoms with E-state index in [4.69, 9.17) is 5.73 Å². The largest absolute Gasteiger partial charge is 0.327 e. The molecule has 2 N–H and O–H groups in total. The van der Waals surface area contributed by atoms with Crippen molar-refractivity contribution in [2.75, 3.05) is 0 Å². The van der Waals surface area contributed by atoms with E-state index in [-0.39, 0.29) is 0 Å². The smallest absolute Gasteiger partial charge is 0.0102 e. The highest BCUT2D eigenvalue weighted by Crippen LogP contribution is 2.30. The van der Waals surface area contributed by atoms with Gasteiger partial charge in [-0.25, -0.2) is 0 Å². The van der Waals surface area contributed by atoms with E-state index in [1.54, 1.807) is 0 Å². The Hall–Kier alpha value is -0.300. The van der Waals surface area contributed by atoms with Gasteiger partial charge in [0.05, 0.1) is 0 Å². The summed E-state index contributed by atoms with van der Waals surface area (Å²) in [6, 6.07) is 0.380. The van der Waals surface area contributed by atoms with Gasteiger partial charge in [0.1, 0.15) is 0 Å². The quantitative estimate of drug-likeness (QED) is 0.637. The zero-order valence-corrected chi connectivity index (χ0v) is 9.92. The topological polar surface area (TPSA) is 26.0 Å². The molecule has 2 atom stereocenters. The zero-order chi connectivity index (χ0) is 10.6. The number of allylic oxidation sites excluding steroid dienone is 1. The van der Waals surface area contributed by atoms with E-state index >= 15 is 0 Å². The fourth-order valence-corrected chi connectivity index (χ4v) is 2.32. The molecular formula is C13H25N. The van der Waals surface area contributed by atoms with Crippen LogP contribution in [0.5, 0.6) is 0 Å². The van der Waals surface area contributed by atoms with Gasteiger partial charge in [0.15, 0.2) is 0 Å². The Morgan fingerprint density at radius 2 is 2.00 bits per heavy atom. The number of hydrogen-bond donors (Lipinski definition) is 1. The molecule has 0 radical (unpaired) electrons. The molecule has 14 heavy (non-hydrogen) atoms. The van der Waals surface area contributed by atoms with Gasteiger partial charge in [-0.05, 0) is 43.4 Å². The van der Waals surface area contributed by atoms with Gasteiger partial charge in [-0.1, -0.05) is 32.9 Å². The van der Waals surface area contributed by atoms with Gasteiger partial charge >= 0.3 is 0 Å². The van der Waals surface area contributed by atoms with Gasteiger partial charge in [-0.3, -0.25) is 0 Å². The van der Waals surface area contributed by atoms with Crippen LogP contribution < -0.4 is 5.73 Å². The summed E-state index contributed by atoms with van der Waals surface area (Å²) in [5.74, 6) is 0.722. The average Bonchev–Trinajstić information content (AvgIpc) is 2.03. The molecule has 0 bridgehead atoms. The molecule has 82 valence electrons. The molecule has 0 amide bonds. The summed E-state index contributed by atoms with van der Waals surface area (Å²) >= 11 is 0. The Kier molecular flexibility index (Phi) is 4.18. The normalized spacial score (nSPS) is 32.0. The van der Waals surface area contributed by atoms with Crippen LogP contribution in [-0.2, 0) is 0 Å². The van der Waals surface area contributed by atoms with Crippen molar-refractivity contribution >= 4 is 0 Å². The van der Waals surface area contributed by atoms with Gasteiger partial charge < -0.3 is 5.73 Å².